The average Bonchev–Trinajstić information content (AvgIpc) is 3.28. The van der Waals surface area contributed by atoms with Crippen molar-refractivity contribution in [3.8, 4) is 17.2 Å². The summed E-state index contributed by atoms with van der Waals surface area (Å²) in [6.07, 6.45) is 9.63. The predicted molar refractivity (Wildman–Crippen MR) is 94.7 cm³/mol. The van der Waals surface area contributed by atoms with Crippen molar-refractivity contribution in [1.29, 1.82) is 0 Å². The van der Waals surface area contributed by atoms with Crippen LogP contribution in [0, 0.1) is 0 Å². The predicted octanol–water partition coefficient (Wildman–Crippen LogP) is 3.56. The van der Waals surface area contributed by atoms with E-state index in [1.54, 1.807) is 24.3 Å². The number of halogens is 2. The molecule has 0 fully saturated rings. The smallest absolute Gasteiger partial charge is 0.872 e. The molecule has 4 nitrogen and oxygen atoms in total. The van der Waals surface area contributed by atoms with Gasteiger partial charge in [-0.1, -0.05) is 42.2 Å². The van der Waals surface area contributed by atoms with Gasteiger partial charge in [0.15, 0.2) is 0 Å². The molecular weight excluding hydrogens is 397 g/mol. The van der Waals surface area contributed by atoms with Crippen LogP contribution in [0.3, 0.4) is 0 Å². The average molecular weight is 412 g/mol. The SMILES string of the molecule is [Fe+2].[O-]C(=CC=C1C=CC=C1)c1c(O)cc(O)cc1OB(F)F.c1cc[cH-]c1. The van der Waals surface area contributed by atoms with Crippen molar-refractivity contribution in [2.24, 2.45) is 0 Å². The van der Waals surface area contributed by atoms with Gasteiger partial charge in [-0.05, 0) is 5.57 Å². The second-order valence-corrected chi connectivity index (χ2v) is 5.09. The van der Waals surface area contributed by atoms with Gasteiger partial charge >= 0.3 is 24.5 Å². The first-order valence-electron chi connectivity index (χ1n) is 7.59. The molecule has 0 spiro atoms. The van der Waals surface area contributed by atoms with E-state index in [1.165, 1.54) is 6.08 Å². The van der Waals surface area contributed by atoms with Gasteiger partial charge in [-0.3, -0.25) is 0 Å². The molecule has 0 aliphatic heterocycles. The van der Waals surface area contributed by atoms with Crippen molar-refractivity contribution in [2.75, 3.05) is 0 Å². The zero-order valence-corrected chi connectivity index (χ0v) is 15.0. The topological polar surface area (TPSA) is 72.8 Å². The van der Waals surface area contributed by atoms with E-state index in [0.717, 1.165) is 23.8 Å². The number of phenols is 2. The number of benzene rings is 1. The molecule has 0 unspecified atom stereocenters. The molecule has 140 valence electrons. The Bertz CT molecular complexity index is 812. The minimum atomic E-state index is -3.18. The van der Waals surface area contributed by atoms with Crippen LogP contribution in [0.4, 0.5) is 8.63 Å². The minimum absolute atomic E-state index is 0. The third-order valence-corrected chi connectivity index (χ3v) is 3.20. The van der Waals surface area contributed by atoms with E-state index in [-0.39, 0.29) is 17.1 Å². The van der Waals surface area contributed by atoms with Gasteiger partial charge < -0.3 is 20.0 Å². The number of phenolic OH excluding ortho intramolecular Hbond substituents is 2. The van der Waals surface area contributed by atoms with Gasteiger partial charge in [0.25, 0.3) is 0 Å². The fourth-order valence-corrected chi connectivity index (χ4v) is 2.10. The molecular formula is C19H15BF2FeO4. The number of aromatic hydroxyl groups is 2. The maximum Gasteiger partial charge on any atom is 2.00 e. The number of hydrogen-bond donors (Lipinski definition) is 2. The molecule has 2 aromatic rings. The summed E-state index contributed by atoms with van der Waals surface area (Å²) in [7, 11) is -3.18. The molecule has 0 atom stereocenters. The zero-order chi connectivity index (χ0) is 18.9. The molecule has 0 saturated carbocycles. The second kappa shape index (κ2) is 11.0. The Hall–Kier alpha value is -2.83. The van der Waals surface area contributed by atoms with E-state index in [0.29, 0.717) is 0 Å². The third kappa shape index (κ3) is 7.13. The van der Waals surface area contributed by atoms with Crippen LogP contribution in [0.5, 0.6) is 17.2 Å². The first-order valence-corrected chi connectivity index (χ1v) is 7.59. The van der Waals surface area contributed by atoms with Gasteiger partial charge in [0.2, 0.25) is 0 Å². The molecule has 2 N–H and O–H groups in total. The standard InChI is InChI=1S/C14H11BF2O4.C5H5.Fe/c16-15(17)21-13-8-10(18)7-12(20)14(13)11(19)6-5-9-3-1-2-4-9;1-2-4-5-3-1;/h1-8,18-20H;1-5H;/q;-1;+2/p-1. The van der Waals surface area contributed by atoms with Crippen LogP contribution in [-0.4, -0.2) is 17.7 Å². The molecule has 0 heterocycles. The van der Waals surface area contributed by atoms with Crippen molar-refractivity contribution in [3.63, 3.8) is 0 Å². The van der Waals surface area contributed by atoms with Gasteiger partial charge in [-0.15, -0.1) is 0 Å². The maximum absolute atomic E-state index is 12.3. The summed E-state index contributed by atoms with van der Waals surface area (Å²) >= 11 is 0. The van der Waals surface area contributed by atoms with Crippen molar-refractivity contribution < 1.29 is 45.7 Å². The minimum Gasteiger partial charge on any atom is -0.872 e. The van der Waals surface area contributed by atoms with Gasteiger partial charge in [0.05, 0.1) is 0 Å². The summed E-state index contributed by atoms with van der Waals surface area (Å²) in [6.45, 7) is 0. The largest absolute Gasteiger partial charge is 2.00 e. The quantitative estimate of drug-likeness (QED) is 0.458. The Labute approximate surface area is 166 Å². The fourth-order valence-electron chi connectivity index (χ4n) is 2.10. The number of hydrogen-bond acceptors (Lipinski definition) is 4. The molecule has 27 heavy (non-hydrogen) atoms. The van der Waals surface area contributed by atoms with E-state index < -0.39 is 36.0 Å². The fraction of sp³-hybridized carbons (Fsp3) is 0. The Morgan fingerprint density at radius 1 is 1.11 bits per heavy atom. The van der Waals surface area contributed by atoms with E-state index >= 15 is 0 Å². The van der Waals surface area contributed by atoms with E-state index in [4.69, 9.17) is 0 Å². The van der Waals surface area contributed by atoms with Crippen LogP contribution < -0.4 is 9.76 Å². The summed E-state index contributed by atoms with van der Waals surface area (Å²) in [4.78, 5) is 0. The summed E-state index contributed by atoms with van der Waals surface area (Å²) in [5.74, 6) is -2.42. The summed E-state index contributed by atoms with van der Waals surface area (Å²) in [6, 6.07) is 11.7. The van der Waals surface area contributed by atoms with Crippen LogP contribution in [0.1, 0.15) is 5.56 Å². The molecule has 0 aromatic heterocycles. The van der Waals surface area contributed by atoms with Gasteiger partial charge in [0, 0.05) is 17.7 Å². The van der Waals surface area contributed by atoms with Crippen molar-refractivity contribution in [3.05, 3.63) is 90.1 Å². The van der Waals surface area contributed by atoms with Crippen LogP contribution in [-0.2, 0) is 17.1 Å². The first kappa shape index (κ1) is 22.2. The Kier molecular flexibility index (Phi) is 9.06. The molecule has 1 aliphatic carbocycles. The van der Waals surface area contributed by atoms with Crippen molar-refractivity contribution >= 4 is 13.2 Å². The van der Waals surface area contributed by atoms with Crippen molar-refractivity contribution in [1.82, 2.24) is 0 Å². The normalized spacial score (nSPS) is 12.1. The Morgan fingerprint density at radius 2 is 1.74 bits per heavy atom. The van der Waals surface area contributed by atoms with Crippen LogP contribution >= 0.6 is 0 Å². The monoisotopic (exact) mass is 412 g/mol. The second-order valence-electron chi connectivity index (χ2n) is 5.09. The van der Waals surface area contributed by atoms with Crippen molar-refractivity contribution in [2.45, 2.75) is 0 Å². The summed E-state index contributed by atoms with van der Waals surface area (Å²) in [5, 5.41) is 31.0. The molecule has 0 amide bonds. The summed E-state index contributed by atoms with van der Waals surface area (Å²) in [5.41, 5.74) is 0.314. The van der Waals surface area contributed by atoms with Gasteiger partial charge in [-0.2, -0.15) is 18.2 Å². The van der Waals surface area contributed by atoms with Gasteiger partial charge in [0.1, 0.15) is 17.2 Å². The third-order valence-electron chi connectivity index (χ3n) is 3.20. The Morgan fingerprint density at radius 3 is 2.26 bits per heavy atom. The zero-order valence-electron chi connectivity index (χ0n) is 13.9. The van der Waals surface area contributed by atoms with Gasteiger partial charge in [-0.25, -0.2) is 20.8 Å². The van der Waals surface area contributed by atoms with E-state index in [1.807, 2.05) is 30.3 Å². The number of allylic oxidation sites excluding steroid dienone is 7. The molecule has 3 rings (SSSR count). The molecule has 0 bridgehead atoms. The van der Waals surface area contributed by atoms with Crippen LogP contribution in [0.15, 0.2) is 84.5 Å². The molecule has 0 radical (unpaired) electrons. The number of rotatable bonds is 4. The van der Waals surface area contributed by atoms with E-state index in [2.05, 4.69) is 4.65 Å². The first-order chi connectivity index (χ1) is 12.5. The maximum atomic E-state index is 12.3. The van der Waals surface area contributed by atoms with Crippen LogP contribution in [0.2, 0.25) is 0 Å². The summed E-state index contributed by atoms with van der Waals surface area (Å²) < 4.78 is 28.8. The molecule has 8 heteroatoms. The van der Waals surface area contributed by atoms with Crippen LogP contribution in [0.25, 0.3) is 5.76 Å². The molecule has 2 aromatic carbocycles. The Balaban J connectivity index is 0.000000526. The molecule has 1 aliphatic rings. The van der Waals surface area contributed by atoms with E-state index in [9.17, 15) is 24.0 Å². The molecule has 0 saturated heterocycles.